The van der Waals surface area contributed by atoms with E-state index in [9.17, 15) is 9.59 Å². The molecule has 0 bridgehead atoms. The molecule has 0 fully saturated rings. The number of aryl methyl sites for hydroxylation is 2. The molecule has 1 N–H and O–H groups in total. The van der Waals surface area contributed by atoms with E-state index in [0.29, 0.717) is 13.0 Å². The van der Waals surface area contributed by atoms with Crippen molar-refractivity contribution < 1.29 is 9.59 Å². The highest BCUT2D eigenvalue weighted by Gasteiger charge is 2.31. The second-order valence-electron chi connectivity index (χ2n) is 9.14. The predicted octanol–water partition coefficient (Wildman–Crippen LogP) is 5.40. The molecule has 4 heteroatoms. The van der Waals surface area contributed by atoms with Gasteiger partial charge in [0, 0.05) is 19.0 Å². The van der Waals surface area contributed by atoms with Gasteiger partial charge in [0.05, 0.1) is 6.42 Å². The lowest BCUT2D eigenvalue weighted by Crippen LogP contribution is -2.52. The predicted molar refractivity (Wildman–Crippen MR) is 138 cm³/mol. The van der Waals surface area contributed by atoms with Crippen LogP contribution in [-0.2, 0) is 29.0 Å². The van der Waals surface area contributed by atoms with Crippen LogP contribution in [0.1, 0.15) is 48.1 Å². The van der Waals surface area contributed by atoms with Crippen molar-refractivity contribution in [3.8, 4) is 0 Å². The average Bonchev–Trinajstić information content (AvgIpc) is 2.82. The molecule has 2 atom stereocenters. The van der Waals surface area contributed by atoms with E-state index < -0.39 is 6.04 Å². The molecule has 0 aromatic heterocycles. The Labute approximate surface area is 204 Å². The number of amides is 2. The summed E-state index contributed by atoms with van der Waals surface area (Å²) in [6, 6.07) is 25.4. The zero-order valence-corrected chi connectivity index (χ0v) is 20.8. The molecular formula is C30H36N2O2. The van der Waals surface area contributed by atoms with Crippen LogP contribution in [0, 0.1) is 13.8 Å². The minimum atomic E-state index is -0.603. The first-order chi connectivity index (χ1) is 16.4. The Morgan fingerprint density at radius 2 is 1.56 bits per heavy atom. The number of hydrogen-bond donors (Lipinski definition) is 1. The molecule has 2 unspecified atom stereocenters. The summed E-state index contributed by atoms with van der Waals surface area (Å²) in [6.07, 6.45) is 1.56. The number of nitrogens with one attached hydrogen (secondary N) is 1. The van der Waals surface area contributed by atoms with Gasteiger partial charge in [0.1, 0.15) is 6.04 Å². The maximum absolute atomic E-state index is 13.8. The Morgan fingerprint density at radius 1 is 0.882 bits per heavy atom. The van der Waals surface area contributed by atoms with Crippen molar-refractivity contribution >= 4 is 11.8 Å². The zero-order chi connectivity index (χ0) is 24.5. The van der Waals surface area contributed by atoms with Crippen LogP contribution >= 0.6 is 0 Å². The fourth-order valence-electron chi connectivity index (χ4n) is 4.06. The number of nitrogens with zero attached hydrogens (tertiary/aromatic N) is 1. The quantitative estimate of drug-likeness (QED) is 0.444. The van der Waals surface area contributed by atoms with Gasteiger partial charge in [-0.3, -0.25) is 9.59 Å². The molecule has 0 spiro atoms. The molecule has 34 heavy (non-hydrogen) atoms. The van der Waals surface area contributed by atoms with Crippen molar-refractivity contribution in [2.75, 3.05) is 0 Å². The third-order valence-electron chi connectivity index (χ3n) is 6.31. The summed E-state index contributed by atoms with van der Waals surface area (Å²) in [6.45, 7) is 8.51. The Kier molecular flexibility index (Phi) is 9.03. The van der Waals surface area contributed by atoms with E-state index in [-0.39, 0.29) is 24.3 Å². The number of carbonyl (C=O) groups excluding carboxylic acids is 2. The standard InChI is InChI=1S/C30H36N2O2/c1-5-24(4)31-30(34)28(19-25-14-7-6-8-15-25)32(21-27-17-10-9-13-23(27)3)29(33)20-26-16-11-12-22(2)18-26/h6-18,24,28H,5,19-21H2,1-4H3,(H,31,34). The van der Waals surface area contributed by atoms with Crippen molar-refractivity contribution in [2.24, 2.45) is 0 Å². The van der Waals surface area contributed by atoms with Gasteiger partial charge in [-0.2, -0.15) is 0 Å². The summed E-state index contributed by atoms with van der Waals surface area (Å²) < 4.78 is 0. The molecule has 0 saturated heterocycles. The largest absolute Gasteiger partial charge is 0.352 e. The maximum atomic E-state index is 13.8. The van der Waals surface area contributed by atoms with Crippen molar-refractivity contribution in [3.63, 3.8) is 0 Å². The van der Waals surface area contributed by atoms with Gasteiger partial charge in [-0.1, -0.05) is 91.3 Å². The van der Waals surface area contributed by atoms with Gasteiger partial charge < -0.3 is 10.2 Å². The topological polar surface area (TPSA) is 49.4 Å². The minimum absolute atomic E-state index is 0.0398. The second kappa shape index (κ2) is 12.2. The van der Waals surface area contributed by atoms with E-state index in [0.717, 1.165) is 34.2 Å². The monoisotopic (exact) mass is 456 g/mol. The van der Waals surface area contributed by atoms with Crippen molar-refractivity contribution in [3.05, 3.63) is 107 Å². The first-order valence-electron chi connectivity index (χ1n) is 12.1. The number of rotatable bonds is 10. The van der Waals surface area contributed by atoms with Gasteiger partial charge in [0.2, 0.25) is 11.8 Å². The smallest absolute Gasteiger partial charge is 0.243 e. The van der Waals surface area contributed by atoms with Crippen LogP contribution < -0.4 is 5.32 Å². The number of carbonyl (C=O) groups is 2. The Morgan fingerprint density at radius 3 is 2.24 bits per heavy atom. The van der Waals surface area contributed by atoms with E-state index in [4.69, 9.17) is 0 Å². The lowest BCUT2D eigenvalue weighted by atomic mass is 10.00. The van der Waals surface area contributed by atoms with Gasteiger partial charge in [0.25, 0.3) is 0 Å². The van der Waals surface area contributed by atoms with Crippen molar-refractivity contribution in [1.82, 2.24) is 10.2 Å². The lowest BCUT2D eigenvalue weighted by Gasteiger charge is -2.33. The third kappa shape index (κ3) is 7.05. The Balaban J connectivity index is 1.98. The van der Waals surface area contributed by atoms with E-state index in [2.05, 4.69) is 5.32 Å². The lowest BCUT2D eigenvalue weighted by molar-refractivity contribution is -0.141. The van der Waals surface area contributed by atoms with Crippen LogP contribution in [0.3, 0.4) is 0 Å². The summed E-state index contributed by atoms with van der Waals surface area (Å²) in [5.41, 5.74) is 5.27. The Bertz CT molecular complexity index is 1090. The molecule has 0 radical (unpaired) electrons. The van der Waals surface area contributed by atoms with E-state index in [1.807, 2.05) is 107 Å². The molecule has 0 saturated carbocycles. The van der Waals surface area contributed by atoms with Crippen LogP contribution in [0.15, 0.2) is 78.9 Å². The summed E-state index contributed by atoms with van der Waals surface area (Å²) >= 11 is 0. The average molecular weight is 457 g/mol. The first-order valence-corrected chi connectivity index (χ1v) is 12.1. The fraction of sp³-hybridized carbons (Fsp3) is 0.333. The highest BCUT2D eigenvalue weighted by Crippen LogP contribution is 2.19. The summed E-state index contributed by atoms with van der Waals surface area (Å²) in [7, 11) is 0. The minimum Gasteiger partial charge on any atom is -0.352 e. The molecule has 2 amide bonds. The van der Waals surface area contributed by atoms with Crippen molar-refractivity contribution in [2.45, 2.75) is 65.6 Å². The number of benzene rings is 3. The number of hydrogen-bond acceptors (Lipinski definition) is 2. The molecule has 3 aromatic carbocycles. The Hall–Kier alpha value is -3.40. The van der Waals surface area contributed by atoms with Crippen LogP contribution in [0.2, 0.25) is 0 Å². The molecule has 178 valence electrons. The van der Waals surface area contributed by atoms with Crippen LogP contribution in [0.5, 0.6) is 0 Å². The van der Waals surface area contributed by atoms with E-state index in [1.54, 1.807) is 4.90 Å². The molecule has 0 aliphatic carbocycles. The molecule has 0 heterocycles. The van der Waals surface area contributed by atoms with Gasteiger partial charge in [-0.05, 0) is 49.4 Å². The summed E-state index contributed by atoms with van der Waals surface area (Å²) in [4.78, 5) is 29.1. The van der Waals surface area contributed by atoms with Gasteiger partial charge in [-0.25, -0.2) is 0 Å². The SMILES string of the molecule is CCC(C)NC(=O)C(Cc1ccccc1)N(Cc1ccccc1C)C(=O)Cc1cccc(C)c1. The molecule has 0 aliphatic heterocycles. The van der Waals surface area contributed by atoms with E-state index >= 15 is 0 Å². The summed E-state index contributed by atoms with van der Waals surface area (Å²) in [5, 5.41) is 3.13. The molecule has 3 rings (SSSR count). The van der Waals surface area contributed by atoms with E-state index in [1.165, 1.54) is 0 Å². The normalized spacial score (nSPS) is 12.6. The van der Waals surface area contributed by atoms with Crippen LogP contribution in [0.4, 0.5) is 0 Å². The molecule has 4 nitrogen and oxygen atoms in total. The third-order valence-corrected chi connectivity index (χ3v) is 6.31. The fourth-order valence-corrected chi connectivity index (χ4v) is 4.06. The molecular weight excluding hydrogens is 420 g/mol. The van der Waals surface area contributed by atoms with Crippen LogP contribution in [0.25, 0.3) is 0 Å². The molecule has 3 aromatic rings. The zero-order valence-electron chi connectivity index (χ0n) is 20.8. The highest BCUT2D eigenvalue weighted by atomic mass is 16.2. The van der Waals surface area contributed by atoms with Crippen molar-refractivity contribution in [1.29, 1.82) is 0 Å². The second-order valence-corrected chi connectivity index (χ2v) is 9.14. The van der Waals surface area contributed by atoms with Gasteiger partial charge >= 0.3 is 0 Å². The first kappa shape index (κ1) is 25.2. The summed E-state index contributed by atoms with van der Waals surface area (Å²) in [5.74, 6) is -0.154. The van der Waals surface area contributed by atoms with Gasteiger partial charge in [0.15, 0.2) is 0 Å². The van der Waals surface area contributed by atoms with Gasteiger partial charge in [-0.15, -0.1) is 0 Å². The van der Waals surface area contributed by atoms with Crippen LogP contribution in [-0.4, -0.2) is 28.8 Å². The maximum Gasteiger partial charge on any atom is 0.243 e. The molecule has 0 aliphatic rings. The highest BCUT2D eigenvalue weighted by molar-refractivity contribution is 5.89.